The molecule has 0 bridgehead atoms. The number of piperazine rings is 1. The number of hydrogen-bond donors (Lipinski definition) is 3. The number of nitrogens with one attached hydrogen (secondary N) is 3. The number of carbonyl (C=O) groups is 1. The van der Waals surface area contributed by atoms with E-state index in [0.29, 0.717) is 40.5 Å². The molecule has 6 heterocycles. The molecule has 1 fully saturated rings. The first-order chi connectivity index (χ1) is 19.2. The number of nitrogens with zero attached hydrogens (tertiary/aromatic N) is 7. The zero-order valence-corrected chi connectivity index (χ0v) is 22.9. The second kappa shape index (κ2) is 9.94. The number of halogens is 1. The molecule has 40 heavy (non-hydrogen) atoms. The van der Waals surface area contributed by atoms with Gasteiger partial charge in [-0.3, -0.25) is 19.7 Å². The van der Waals surface area contributed by atoms with Crippen LogP contribution in [0.4, 0.5) is 15.8 Å². The molecule has 6 rings (SSSR count). The highest BCUT2D eigenvalue weighted by Crippen LogP contribution is 2.31. The third-order valence-corrected chi connectivity index (χ3v) is 7.19. The summed E-state index contributed by atoms with van der Waals surface area (Å²) in [6.07, 6.45) is 8.24. The van der Waals surface area contributed by atoms with Crippen LogP contribution in [0.5, 0.6) is 0 Å². The second-order valence-corrected chi connectivity index (χ2v) is 11.2. The molecule has 12 heteroatoms. The highest BCUT2D eigenvalue weighted by atomic mass is 19.1. The number of fused-ring (bicyclic) bond motifs is 2. The van der Waals surface area contributed by atoms with E-state index in [0.717, 1.165) is 42.9 Å². The number of aromatic nitrogens is 5. The molecule has 4 aromatic rings. The highest BCUT2D eigenvalue weighted by Gasteiger charge is 2.28. The molecule has 206 valence electrons. The van der Waals surface area contributed by atoms with E-state index in [1.165, 1.54) is 12.4 Å². The highest BCUT2D eigenvalue weighted by molar-refractivity contribution is 6.14. The minimum atomic E-state index is -0.587. The Bertz CT molecular complexity index is 1630. The van der Waals surface area contributed by atoms with Crippen LogP contribution in [0.1, 0.15) is 37.7 Å². The summed E-state index contributed by atoms with van der Waals surface area (Å²) in [4.78, 5) is 38.3. The van der Waals surface area contributed by atoms with E-state index in [2.05, 4.69) is 52.6 Å². The van der Waals surface area contributed by atoms with Gasteiger partial charge in [-0.2, -0.15) is 5.10 Å². The van der Waals surface area contributed by atoms with Crippen molar-refractivity contribution < 1.29 is 9.18 Å². The van der Waals surface area contributed by atoms with E-state index in [4.69, 9.17) is 4.98 Å². The predicted octanol–water partition coefficient (Wildman–Crippen LogP) is 3.15. The number of imidazole rings is 1. The minimum absolute atomic E-state index is 0.114. The van der Waals surface area contributed by atoms with Gasteiger partial charge in [-0.05, 0) is 13.1 Å². The number of carbonyl (C=O) groups excluding carboxylic acids is 1. The summed E-state index contributed by atoms with van der Waals surface area (Å²) in [5.74, 6) is -0.259. The van der Waals surface area contributed by atoms with Crippen LogP contribution in [0.3, 0.4) is 0 Å². The lowest BCUT2D eigenvalue weighted by atomic mass is 9.95. The van der Waals surface area contributed by atoms with Gasteiger partial charge in [-0.25, -0.2) is 9.37 Å². The quantitative estimate of drug-likeness (QED) is 0.359. The van der Waals surface area contributed by atoms with Gasteiger partial charge in [-0.15, -0.1) is 0 Å². The van der Waals surface area contributed by atoms with E-state index >= 15 is 4.39 Å². The van der Waals surface area contributed by atoms with Gasteiger partial charge < -0.3 is 25.5 Å². The van der Waals surface area contributed by atoms with Gasteiger partial charge in [0.2, 0.25) is 5.91 Å². The molecule has 11 nitrogen and oxygen atoms in total. The maximum absolute atomic E-state index is 16.3. The predicted molar refractivity (Wildman–Crippen MR) is 152 cm³/mol. The van der Waals surface area contributed by atoms with Crippen molar-refractivity contribution >= 4 is 34.0 Å². The number of likely N-dealkylation sites (N-methyl/N-ethyl adjacent to an activating group) is 1. The Morgan fingerprint density at radius 3 is 2.60 bits per heavy atom. The van der Waals surface area contributed by atoms with Crippen molar-refractivity contribution in [1.29, 1.82) is 0 Å². The second-order valence-electron chi connectivity index (χ2n) is 11.2. The van der Waals surface area contributed by atoms with Crippen molar-refractivity contribution in [2.24, 2.45) is 10.5 Å². The minimum Gasteiger partial charge on any atom is -0.366 e. The molecular formula is C28H31FN10O. The monoisotopic (exact) mass is 542 g/mol. The van der Waals surface area contributed by atoms with Crippen molar-refractivity contribution in [3.8, 4) is 11.3 Å². The Morgan fingerprint density at radius 1 is 1.05 bits per heavy atom. The fourth-order valence-electron chi connectivity index (χ4n) is 4.81. The van der Waals surface area contributed by atoms with Crippen LogP contribution >= 0.6 is 0 Å². The van der Waals surface area contributed by atoms with E-state index in [1.807, 2.05) is 27.0 Å². The fourth-order valence-corrected chi connectivity index (χ4v) is 4.81. The molecule has 0 atom stereocenters. The topological polar surface area (TPSA) is 127 Å². The van der Waals surface area contributed by atoms with E-state index in [1.54, 1.807) is 18.5 Å². The number of anilines is 2. The fraction of sp³-hybridized carbons (Fsp3) is 0.357. The van der Waals surface area contributed by atoms with Gasteiger partial charge in [0, 0.05) is 55.1 Å². The Balaban J connectivity index is 1.37. The van der Waals surface area contributed by atoms with Gasteiger partial charge in [0.25, 0.3) is 0 Å². The summed E-state index contributed by atoms with van der Waals surface area (Å²) in [7, 11) is 2.11. The molecule has 2 aliphatic rings. The average molecular weight is 543 g/mol. The number of hydrazone groups is 1. The first-order valence-corrected chi connectivity index (χ1v) is 13.2. The van der Waals surface area contributed by atoms with E-state index in [-0.39, 0.29) is 11.6 Å². The summed E-state index contributed by atoms with van der Waals surface area (Å²) in [5, 5.41) is 7.30. The van der Waals surface area contributed by atoms with Crippen LogP contribution in [0.15, 0.2) is 42.2 Å². The molecule has 0 saturated carbocycles. The Kier molecular flexibility index (Phi) is 6.41. The molecule has 0 unspecified atom stereocenters. The van der Waals surface area contributed by atoms with Gasteiger partial charge in [0.15, 0.2) is 11.6 Å². The number of rotatable bonds is 4. The zero-order valence-electron chi connectivity index (χ0n) is 22.9. The van der Waals surface area contributed by atoms with Crippen molar-refractivity contribution in [2.75, 3.05) is 43.4 Å². The van der Waals surface area contributed by atoms with E-state index < -0.39 is 11.2 Å². The molecule has 1 saturated heterocycles. The summed E-state index contributed by atoms with van der Waals surface area (Å²) >= 11 is 0. The van der Waals surface area contributed by atoms with Gasteiger partial charge >= 0.3 is 0 Å². The van der Waals surface area contributed by atoms with Crippen molar-refractivity contribution in [3.05, 3.63) is 59.8 Å². The number of amides is 1. The summed E-state index contributed by atoms with van der Waals surface area (Å²) < 4.78 is 16.3. The van der Waals surface area contributed by atoms with Crippen LogP contribution < -0.4 is 15.6 Å². The first-order valence-electron chi connectivity index (χ1n) is 13.2. The van der Waals surface area contributed by atoms with Crippen LogP contribution in [0.2, 0.25) is 0 Å². The Labute approximate surface area is 230 Å². The van der Waals surface area contributed by atoms with Crippen LogP contribution in [-0.2, 0) is 11.3 Å². The number of pyridine rings is 3. The molecule has 2 aliphatic heterocycles. The summed E-state index contributed by atoms with van der Waals surface area (Å²) in [5.41, 5.74) is 7.21. The average Bonchev–Trinajstić information content (AvgIpc) is 3.38. The smallest absolute Gasteiger partial charge is 0.229 e. The lowest BCUT2D eigenvalue weighted by Gasteiger charge is -2.33. The first kappa shape index (κ1) is 25.8. The molecule has 3 N–H and O–H groups in total. The number of hydrogen-bond acceptors (Lipinski definition) is 9. The van der Waals surface area contributed by atoms with Crippen molar-refractivity contribution in [2.45, 2.75) is 27.3 Å². The molecule has 0 aromatic carbocycles. The lowest BCUT2D eigenvalue weighted by Crippen LogP contribution is -2.44. The largest absolute Gasteiger partial charge is 0.366 e. The maximum Gasteiger partial charge on any atom is 0.229 e. The molecule has 1 amide bonds. The Morgan fingerprint density at radius 2 is 1.82 bits per heavy atom. The van der Waals surface area contributed by atoms with Crippen LogP contribution in [-0.4, -0.2) is 74.7 Å². The van der Waals surface area contributed by atoms with E-state index in [9.17, 15) is 4.79 Å². The summed E-state index contributed by atoms with van der Waals surface area (Å²) in [6, 6.07) is 1.67. The van der Waals surface area contributed by atoms with Crippen LogP contribution in [0, 0.1) is 11.2 Å². The van der Waals surface area contributed by atoms with Gasteiger partial charge in [-0.1, -0.05) is 20.8 Å². The summed E-state index contributed by atoms with van der Waals surface area (Å²) in [6.45, 7) is 9.44. The SMILES string of the molecule is CN1CCN(c2cncc3[nH]c(C4=NNCc5cnc(-c6cncc(NC(=O)C(C)(C)C)c6)c(F)c54)nc23)CC1. The van der Waals surface area contributed by atoms with Gasteiger partial charge in [0.1, 0.15) is 16.9 Å². The number of aromatic amines is 1. The third kappa shape index (κ3) is 4.75. The molecule has 0 spiro atoms. The molecular weight excluding hydrogens is 511 g/mol. The van der Waals surface area contributed by atoms with Crippen molar-refractivity contribution in [3.63, 3.8) is 0 Å². The van der Waals surface area contributed by atoms with Gasteiger partial charge in [0.05, 0.1) is 47.6 Å². The lowest BCUT2D eigenvalue weighted by molar-refractivity contribution is -0.123. The van der Waals surface area contributed by atoms with Crippen LogP contribution in [0.25, 0.3) is 22.3 Å². The zero-order chi connectivity index (χ0) is 28.0. The van der Waals surface area contributed by atoms with Crippen molar-refractivity contribution in [1.82, 2.24) is 35.2 Å². The maximum atomic E-state index is 16.3. The molecule has 4 aromatic heterocycles. The standard InChI is InChI=1S/C28H31FN10O/c1-28(2,3)27(40)34-18-9-16(10-30-13-18)23-22(29)21-17(11-32-23)12-33-37-25(21)26-35-19-14-31-15-20(24(19)36-26)39-7-5-38(4)6-8-39/h9-11,13-15,33H,5-8,12H2,1-4H3,(H,34,40)(H,35,36). The molecule has 0 radical (unpaired) electrons. The molecule has 0 aliphatic carbocycles. The third-order valence-electron chi connectivity index (χ3n) is 7.19. The normalized spacial score (nSPS) is 15.9. The number of H-pyrrole nitrogens is 1. The Hall–Kier alpha value is -4.45.